The monoisotopic (exact) mass is 296 g/mol. The summed E-state index contributed by atoms with van der Waals surface area (Å²) in [6.07, 6.45) is 0. The van der Waals surface area contributed by atoms with E-state index in [0.29, 0.717) is 31.1 Å². The molecule has 2 N–H and O–H groups in total. The average molecular weight is 296 g/mol. The summed E-state index contributed by atoms with van der Waals surface area (Å²) >= 11 is 0. The first-order valence-electron chi connectivity index (χ1n) is 7.75. The van der Waals surface area contributed by atoms with Crippen LogP contribution < -0.4 is 5.73 Å². The molecule has 0 saturated carbocycles. The van der Waals surface area contributed by atoms with E-state index in [1.165, 1.54) is 5.56 Å². The predicted octanol–water partition coefficient (Wildman–Crippen LogP) is 3.41. The van der Waals surface area contributed by atoms with Crippen molar-refractivity contribution in [2.24, 2.45) is 5.73 Å². The van der Waals surface area contributed by atoms with E-state index in [1.54, 1.807) is 4.90 Å². The van der Waals surface area contributed by atoms with Crippen LogP contribution in [0.5, 0.6) is 0 Å². The third-order valence-corrected chi connectivity index (χ3v) is 3.73. The lowest BCUT2D eigenvalue weighted by molar-refractivity contribution is 0.0748. The van der Waals surface area contributed by atoms with Crippen molar-refractivity contribution in [1.82, 2.24) is 4.90 Å². The highest BCUT2D eigenvalue weighted by Crippen LogP contribution is 2.16. The van der Waals surface area contributed by atoms with Gasteiger partial charge in [-0.1, -0.05) is 56.3 Å². The summed E-state index contributed by atoms with van der Waals surface area (Å²) in [5, 5.41) is 0. The Labute approximate surface area is 132 Å². The van der Waals surface area contributed by atoms with Crippen LogP contribution in [-0.2, 0) is 6.54 Å². The van der Waals surface area contributed by atoms with Crippen LogP contribution in [0.2, 0.25) is 0 Å². The van der Waals surface area contributed by atoms with Crippen LogP contribution in [0, 0.1) is 0 Å². The molecule has 0 aliphatic rings. The summed E-state index contributed by atoms with van der Waals surface area (Å²) in [5.41, 5.74) is 8.74. The zero-order valence-electron chi connectivity index (χ0n) is 13.3. The van der Waals surface area contributed by atoms with Gasteiger partial charge >= 0.3 is 0 Å². The molecule has 22 heavy (non-hydrogen) atoms. The van der Waals surface area contributed by atoms with Crippen molar-refractivity contribution in [3.8, 4) is 0 Å². The van der Waals surface area contributed by atoms with E-state index < -0.39 is 0 Å². The Morgan fingerprint density at radius 2 is 1.68 bits per heavy atom. The fourth-order valence-electron chi connectivity index (χ4n) is 2.41. The van der Waals surface area contributed by atoms with Crippen molar-refractivity contribution in [2.75, 3.05) is 13.1 Å². The van der Waals surface area contributed by atoms with Crippen LogP contribution in [0.3, 0.4) is 0 Å². The van der Waals surface area contributed by atoms with E-state index in [9.17, 15) is 4.79 Å². The largest absolute Gasteiger partial charge is 0.333 e. The molecule has 2 aromatic rings. The van der Waals surface area contributed by atoms with Crippen molar-refractivity contribution < 1.29 is 4.79 Å². The average Bonchev–Trinajstić information content (AvgIpc) is 2.55. The molecule has 0 radical (unpaired) electrons. The number of rotatable bonds is 6. The van der Waals surface area contributed by atoms with Crippen molar-refractivity contribution in [1.29, 1.82) is 0 Å². The molecular formula is C19H24N2O. The third kappa shape index (κ3) is 4.18. The summed E-state index contributed by atoms with van der Waals surface area (Å²) in [7, 11) is 0. The van der Waals surface area contributed by atoms with E-state index in [1.807, 2.05) is 54.6 Å². The maximum absolute atomic E-state index is 12.7. The van der Waals surface area contributed by atoms with Crippen molar-refractivity contribution in [3.05, 3.63) is 71.3 Å². The lowest BCUT2D eigenvalue weighted by Crippen LogP contribution is -2.34. The van der Waals surface area contributed by atoms with Gasteiger partial charge in [0.25, 0.3) is 5.91 Å². The molecule has 0 fully saturated rings. The minimum Gasteiger partial charge on any atom is -0.333 e. The molecule has 2 rings (SSSR count). The summed E-state index contributed by atoms with van der Waals surface area (Å²) in [4.78, 5) is 14.5. The predicted molar refractivity (Wildman–Crippen MR) is 90.8 cm³/mol. The Kier molecular flexibility index (Phi) is 5.73. The first-order chi connectivity index (χ1) is 10.6. The highest BCUT2D eigenvalue weighted by Gasteiger charge is 2.15. The van der Waals surface area contributed by atoms with E-state index in [0.717, 1.165) is 5.56 Å². The molecule has 0 saturated heterocycles. The molecule has 0 atom stereocenters. The minimum atomic E-state index is 0.0320. The Morgan fingerprint density at radius 1 is 1.05 bits per heavy atom. The Balaban J connectivity index is 2.15. The molecular weight excluding hydrogens is 272 g/mol. The fourth-order valence-corrected chi connectivity index (χ4v) is 2.41. The lowest BCUT2D eigenvalue weighted by atomic mass is 10.0. The van der Waals surface area contributed by atoms with Gasteiger partial charge in [-0.05, 0) is 29.2 Å². The number of amides is 1. The molecule has 3 heteroatoms. The van der Waals surface area contributed by atoms with Crippen molar-refractivity contribution in [2.45, 2.75) is 26.3 Å². The van der Waals surface area contributed by atoms with Crippen LogP contribution in [0.25, 0.3) is 0 Å². The topological polar surface area (TPSA) is 46.3 Å². The van der Waals surface area contributed by atoms with E-state index in [4.69, 9.17) is 5.73 Å². The standard InChI is InChI=1S/C19H24N2O/c1-15(2)17-8-10-18(11-9-17)19(22)21(13-12-20)14-16-6-4-3-5-7-16/h3-11,15H,12-14,20H2,1-2H3. The smallest absolute Gasteiger partial charge is 0.254 e. The SMILES string of the molecule is CC(C)c1ccc(C(=O)N(CCN)Cc2ccccc2)cc1. The summed E-state index contributed by atoms with van der Waals surface area (Å²) in [6.45, 7) is 5.89. The number of hydrogen-bond donors (Lipinski definition) is 1. The number of carbonyl (C=O) groups is 1. The van der Waals surface area contributed by atoms with Gasteiger partial charge in [0.2, 0.25) is 0 Å². The van der Waals surface area contributed by atoms with Gasteiger partial charge in [-0.25, -0.2) is 0 Å². The molecule has 0 heterocycles. The highest BCUT2D eigenvalue weighted by molar-refractivity contribution is 5.94. The molecule has 0 aliphatic carbocycles. The van der Waals surface area contributed by atoms with E-state index in [-0.39, 0.29) is 5.91 Å². The van der Waals surface area contributed by atoms with Crippen molar-refractivity contribution in [3.63, 3.8) is 0 Å². The molecule has 0 unspecified atom stereocenters. The maximum Gasteiger partial charge on any atom is 0.254 e. The maximum atomic E-state index is 12.7. The Bertz CT molecular complexity index is 591. The molecule has 0 aliphatic heterocycles. The van der Waals surface area contributed by atoms with Gasteiger partial charge in [-0.2, -0.15) is 0 Å². The minimum absolute atomic E-state index is 0.0320. The molecule has 0 bridgehead atoms. The molecule has 2 aromatic carbocycles. The summed E-state index contributed by atoms with van der Waals surface area (Å²) < 4.78 is 0. The lowest BCUT2D eigenvalue weighted by Gasteiger charge is -2.22. The van der Waals surface area contributed by atoms with Gasteiger partial charge in [-0.3, -0.25) is 4.79 Å². The third-order valence-electron chi connectivity index (χ3n) is 3.73. The fraction of sp³-hybridized carbons (Fsp3) is 0.316. The number of benzene rings is 2. The highest BCUT2D eigenvalue weighted by atomic mass is 16.2. The second-order valence-corrected chi connectivity index (χ2v) is 5.78. The van der Waals surface area contributed by atoms with Crippen LogP contribution in [-0.4, -0.2) is 23.9 Å². The summed E-state index contributed by atoms with van der Waals surface area (Å²) in [6, 6.07) is 17.9. The zero-order chi connectivity index (χ0) is 15.9. The van der Waals surface area contributed by atoms with E-state index in [2.05, 4.69) is 13.8 Å². The second-order valence-electron chi connectivity index (χ2n) is 5.78. The molecule has 0 spiro atoms. The molecule has 116 valence electrons. The first kappa shape index (κ1) is 16.2. The van der Waals surface area contributed by atoms with Gasteiger partial charge in [0.05, 0.1) is 0 Å². The molecule has 1 amide bonds. The number of nitrogens with zero attached hydrogens (tertiary/aromatic N) is 1. The number of hydrogen-bond acceptors (Lipinski definition) is 2. The second kappa shape index (κ2) is 7.76. The van der Waals surface area contributed by atoms with Crippen LogP contribution in [0.15, 0.2) is 54.6 Å². The van der Waals surface area contributed by atoms with Crippen LogP contribution in [0.4, 0.5) is 0 Å². The van der Waals surface area contributed by atoms with Gasteiger partial charge < -0.3 is 10.6 Å². The Hall–Kier alpha value is -2.13. The van der Waals surface area contributed by atoms with Gasteiger partial charge in [0.15, 0.2) is 0 Å². The number of carbonyl (C=O) groups excluding carboxylic acids is 1. The first-order valence-corrected chi connectivity index (χ1v) is 7.75. The summed E-state index contributed by atoms with van der Waals surface area (Å²) in [5.74, 6) is 0.498. The molecule has 3 nitrogen and oxygen atoms in total. The van der Waals surface area contributed by atoms with Gasteiger partial charge in [-0.15, -0.1) is 0 Å². The van der Waals surface area contributed by atoms with E-state index >= 15 is 0 Å². The Morgan fingerprint density at radius 3 is 2.23 bits per heavy atom. The molecule has 0 aromatic heterocycles. The quantitative estimate of drug-likeness (QED) is 0.888. The van der Waals surface area contributed by atoms with Crippen LogP contribution >= 0.6 is 0 Å². The number of nitrogens with two attached hydrogens (primary N) is 1. The van der Waals surface area contributed by atoms with Gasteiger partial charge in [0.1, 0.15) is 0 Å². The van der Waals surface area contributed by atoms with Gasteiger partial charge in [0, 0.05) is 25.2 Å². The van der Waals surface area contributed by atoms with Crippen LogP contribution in [0.1, 0.15) is 41.3 Å². The normalized spacial score (nSPS) is 10.7. The van der Waals surface area contributed by atoms with Crippen molar-refractivity contribution >= 4 is 5.91 Å². The zero-order valence-corrected chi connectivity index (χ0v) is 13.3.